The molecule has 28 nitrogen and oxygen atoms in total. The highest BCUT2D eigenvalue weighted by Gasteiger charge is 2.35. The fourth-order valence-electron chi connectivity index (χ4n) is 7.83. The highest BCUT2D eigenvalue weighted by molar-refractivity contribution is 7.80. The van der Waals surface area contributed by atoms with Gasteiger partial charge in [-0.1, -0.05) is 80.6 Å². The number of hydrogen-bond donors (Lipinski definition) is 16. The van der Waals surface area contributed by atoms with Gasteiger partial charge < -0.3 is 83.1 Å². The first kappa shape index (κ1) is 72.9. The first-order valence-corrected chi connectivity index (χ1v) is 29.0. The molecule has 0 aromatic heterocycles. The Labute approximate surface area is 513 Å². The molecule has 0 spiro atoms. The summed E-state index contributed by atoms with van der Waals surface area (Å²) in [5.74, 6) is -12.8. The number of phenols is 1. The number of thiol groups is 2. The van der Waals surface area contributed by atoms with Gasteiger partial charge in [-0.3, -0.25) is 57.5 Å². The molecule has 0 aliphatic carbocycles. The molecule has 30 heteroatoms. The number of nitrogens with one attached hydrogen (secondary N) is 10. The molecular weight excluding hydrogens is 1180 g/mol. The summed E-state index contributed by atoms with van der Waals surface area (Å²) in [6.07, 6.45) is -3.47. The lowest BCUT2D eigenvalue weighted by Gasteiger charge is -2.26. The number of aliphatic carboxylic acids is 2. The van der Waals surface area contributed by atoms with Crippen molar-refractivity contribution in [3.63, 3.8) is 0 Å². The van der Waals surface area contributed by atoms with Crippen LogP contribution in [0.1, 0.15) is 58.1 Å². The van der Waals surface area contributed by atoms with E-state index in [1.807, 2.05) is 30.3 Å². The average molecular weight is 1260 g/mol. The number of benzene rings is 3. The minimum Gasteiger partial charge on any atom is -0.508 e. The van der Waals surface area contributed by atoms with E-state index < -0.39 is 145 Å². The number of aliphatic hydroxyl groups excluding tert-OH is 1. The number of carbonyl (C=O) groups is 12. The van der Waals surface area contributed by atoms with Crippen LogP contribution in [0.25, 0.3) is 11.1 Å². The zero-order chi connectivity index (χ0) is 64.6. The molecule has 0 bridgehead atoms. The molecule has 0 fully saturated rings. The van der Waals surface area contributed by atoms with E-state index in [0.717, 1.165) is 18.1 Å². The van der Waals surface area contributed by atoms with Crippen LogP contribution in [0.2, 0.25) is 0 Å². The predicted molar refractivity (Wildman–Crippen MR) is 321 cm³/mol. The Morgan fingerprint density at radius 3 is 1.47 bits per heavy atom. The summed E-state index contributed by atoms with van der Waals surface area (Å²) in [6, 6.07) is 10.7. The van der Waals surface area contributed by atoms with E-state index in [2.05, 4.69) is 78.4 Å². The van der Waals surface area contributed by atoms with E-state index in [0.29, 0.717) is 24.1 Å². The predicted octanol–water partition coefficient (Wildman–Crippen LogP) is -2.12. The van der Waals surface area contributed by atoms with E-state index in [4.69, 9.17) is 9.47 Å². The molecule has 87 heavy (non-hydrogen) atoms. The third kappa shape index (κ3) is 27.3. The quantitative estimate of drug-likeness (QED) is 0.0214. The van der Waals surface area contributed by atoms with Gasteiger partial charge in [0.15, 0.2) is 0 Å². The number of aromatic hydroxyl groups is 1. The van der Waals surface area contributed by atoms with Crippen molar-refractivity contribution in [1.29, 1.82) is 0 Å². The van der Waals surface area contributed by atoms with Crippen LogP contribution >= 0.6 is 25.3 Å². The fourth-order valence-corrected chi connectivity index (χ4v) is 8.25. The molecule has 476 valence electrons. The Morgan fingerprint density at radius 1 is 0.471 bits per heavy atom. The van der Waals surface area contributed by atoms with Crippen molar-refractivity contribution >= 4 is 96.3 Å². The summed E-state index contributed by atoms with van der Waals surface area (Å²) in [6.45, 7) is 5.49. The maximum atomic E-state index is 14.1. The second-order valence-corrected chi connectivity index (χ2v) is 20.6. The van der Waals surface area contributed by atoms with Gasteiger partial charge in [0.25, 0.3) is 0 Å². The van der Waals surface area contributed by atoms with Gasteiger partial charge in [0.2, 0.25) is 59.1 Å². The molecule has 10 amide bonds. The minimum atomic E-state index is -1.79. The van der Waals surface area contributed by atoms with Crippen LogP contribution in [0.15, 0.2) is 78.9 Å². The molecule has 0 heterocycles. The van der Waals surface area contributed by atoms with Crippen molar-refractivity contribution in [2.75, 3.05) is 57.6 Å². The lowest BCUT2D eigenvalue weighted by molar-refractivity contribution is -0.141. The SMILES string of the molecule is CCC(=O)NCCOCCOCCNC(=O)[C@H](CC(=O)O)NC(=O)[C@H](Cc1ccc(-c2ccccc2)cc1)NC(=O)[C@H](CS)NC(=O)[C@@H](NC(=O)CNC(=O)[C@H](Cc1ccc(O)cc1)NC(=O)[C@H](C)NC(=O)[C@H](CC(=O)O)NC(=O)[C@@H](C)CS)C(C)O. The van der Waals surface area contributed by atoms with E-state index in [1.54, 1.807) is 31.2 Å². The van der Waals surface area contributed by atoms with Crippen molar-refractivity contribution < 1.29 is 87.4 Å². The molecule has 3 aromatic carbocycles. The number of rotatable bonds is 39. The Balaban J connectivity index is 1.74. The summed E-state index contributed by atoms with van der Waals surface area (Å²) in [5.41, 5.74) is 2.62. The van der Waals surface area contributed by atoms with Gasteiger partial charge in [-0.15, -0.1) is 0 Å². The zero-order valence-electron chi connectivity index (χ0n) is 48.5. The van der Waals surface area contributed by atoms with Gasteiger partial charge in [0.1, 0.15) is 48.0 Å². The maximum Gasteiger partial charge on any atom is 0.305 e. The number of carbonyl (C=O) groups excluding carboxylic acids is 10. The zero-order valence-corrected chi connectivity index (χ0v) is 50.3. The maximum absolute atomic E-state index is 14.1. The average Bonchev–Trinajstić information content (AvgIpc) is 3.65. The van der Waals surface area contributed by atoms with Crippen LogP contribution in [0, 0.1) is 5.92 Å². The van der Waals surface area contributed by atoms with Gasteiger partial charge in [-0.05, 0) is 48.2 Å². The third-order valence-corrected chi connectivity index (χ3v) is 13.7. The molecule has 0 radical (unpaired) electrons. The molecule has 1 unspecified atom stereocenters. The summed E-state index contributed by atoms with van der Waals surface area (Å²) < 4.78 is 10.8. The lowest BCUT2D eigenvalue weighted by Crippen LogP contribution is -2.61. The standard InChI is InChI=1S/C57H78N10O18S2/c1-5-45(70)58-19-21-84-23-24-85-22-20-59-52(78)42(27-47(72)73)65-55(81)41(26-35-11-15-38(16-12-35)37-9-7-6-8-10-37)64-56(82)44(31-87)66-57(83)49(34(4)68)67-46(71)29-60-53(79)40(25-36-13-17-39(69)18-14-36)63-51(77)33(3)61-54(80)43(28-48(74)75)62-50(76)32(2)30-86/h6-18,32-34,40-44,49,68-69,86-87H,5,19-31H2,1-4H3,(H,58,70)(H,59,78)(H,60,79)(H,61,80)(H,62,76)(H,63,77)(H,64,82)(H,65,81)(H,66,83)(H,67,71)(H,72,73)(H,74,75)/t32-,33-,34?,40-,41-,42-,43-,44-,49-/m0/s1. The number of aliphatic hydroxyl groups is 1. The second-order valence-electron chi connectivity index (χ2n) is 19.9. The number of carboxylic acids is 2. The Bertz CT molecular complexity index is 2800. The van der Waals surface area contributed by atoms with Crippen molar-refractivity contribution in [3.05, 3.63) is 90.0 Å². The number of ether oxygens (including phenoxy) is 2. The number of amides is 10. The normalized spacial score (nSPS) is 14.0. The molecule has 3 aromatic rings. The fraction of sp³-hybridized carbons (Fsp3) is 0.474. The van der Waals surface area contributed by atoms with E-state index >= 15 is 0 Å². The van der Waals surface area contributed by atoms with Crippen molar-refractivity contribution in [2.45, 2.75) is 108 Å². The molecule has 14 N–H and O–H groups in total. The first-order chi connectivity index (χ1) is 41.3. The van der Waals surface area contributed by atoms with Gasteiger partial charge in [0.05, 0.1) is 51.9 Å². The smallest absolute Gasteiger partial charge is 0.305 e. The number of carboxylic acid groups (broad SMARTS) is 2. The van der Waals surface area contributed by atoms with Crippen LogP contribution in [-0.2, 0) is 79.8 Å². The highest BCUT2D eigenvalue weighted by atomic mass is 32.1. The van der Waals surface area contributed by atoms with Crippen LogP contribution < -0.4 is 53.2 Å². The third-order valence-electron chi connectivity index (χ3n) is 12.8. The van der Waals surface area contributed by atoms with Crippen LogP contribution in [0.5, 0.6) is 5.75 Å². The molecule has 9 atom stereocenters. The second kappa shape index (κ2) is 38.7. The lowest BCUT2D eigenvalue weighted by atomic mass is 9.99. The Kier molecular flexibility index (Phi) is 32.4. The van der Waals surface area contributed by atoms with Crippen molar-refractivity contribution in [3.8, 4) is 16.9 Å². The van der Waals surface area contributed by atoms with Gasteiger partial charge >= 0.3 is 11.9 Å². The van der Waals surface area contributed by atoms with E-state index in [-0.39, 0.29) is 63.2 Å². The molecule has 0 aliphatic rings. The number of hydrogen-bond acceptors (Lipinski definition) is 18. The minimum absolute atomic E-state index is 0.0146. The summed E-state index contributed by atoms with van der Waals surface area (Å²) in [5, 5.41) is 63.8. The van der Waals surface area contributed by atoms with Crippen LogP contribution in [0.4, 0.5) is 0 Å². The molecule has 0 saturated heterocycles. The van der Waals surface area contributed by atoms with Crippen molar-refractivity contribution in [2.24, 2.45) is 5.92 Å². The monoisotopic (exact) mass is 1250 g/mol. The molecule has 3 rings (SSSR count). The largest absolute Gasteiger partial charge is 0.508 e. The molecule has 0 saturated carbocycles. The van der Waals surface area contributed by atoms with Crippen molar-refractivity contribution in [1.82, 2.24) is 53.2 Å². The topological polar surface area (TPSA) is 425 Å². The van der Waals surface area contributed by atoms with E-state index in [1.165, 1.54) is 38.1 Å². The van der Waals surface area contributed by atoms with Crippen LogP contribution in [0.3, 0.4) is 0 Å². The van der Waals surface area contributed by atoms with Gasteiger partial charge in [-0.2, -0.15) is 25.3 Å². The van der Waals surface area contributed by atoms with E-state index in [9.17, 15) is 78.0 Å². The Hall–Kier alpha value is -8.32. The Morgan fingerprint density at radius 2 is 0.931 bits per heavy atom. The van der Waals surface area contributed by atoms with Gasteiger partial charge in [0, 0.05) is 49.8 Å². The molecular formula is C57H78N10O18S2. The first-order valence-electron chi connectivity index (χ1n) is 27.7. The van der Waals surface area contributed by atoms with Crippen LogP contribution in [-0.4, -0.2) is 197 Å². The summed E-state index contributed by atoms with van der Waals surface area (Å²) in [4.78, 5) is 156. The highest BCUT2D eigenvalue weighted by Crippen LogP contribution is 2.20. The number of phenolic OH excluding ortho intramolecular Hbond substituents is 1. The van der Waals surface area contributed by atoms with Gasteiger partial charge in [-0.25, -0.2) is 0 Å². The summed E-state index contributed by atoms with van der Waals surface area (Å²) in [7, 11) is 0. The summed E-state index contributed by atoms with van der Waals surface area (Å²) >= 11 is 8.27. The molecule has 0 aliphatic heterocycles.